The Balaban J connectivity index is 4.53. The van der Waals surface area contributed by atoms with Crippen molar-refractivity contribution >= 4 is 60.2 Å². The van der Waals surface area contributed by atoms with E-state index in [1.165, 1.54) is 22.6 Å². The standard InChI is InChI=1S/CHBrClIO3S/c2-1(3,4)8(5,6)7/h(H,5,6,7). The summed E-state index contributed by atoms with van der Waals surface area (Å²) in [5.74, 6) is 0. The van der Waals surface area contributed by atoms with Crippen LogP contribution in [-0.4, -0.2) is 14.1 Å². The van der Waals surface area contributed by atoms with E-state index in [9.17, 15) is 8.42 Å². The molecule has 0 aromatic heterocycles. The van der Waals surface area contributed by atoms with Crippen LogP contribution in [0.1, 0.15) is 0 Å². The maximum atomic E-state index is 10.0. The maximum Gasteiger partial charge on any atom is 0.304 e. The van der Waals surface area contributed by atoms with Gasteiger partial charge in [-0.1, -0.05) is 11.6 Å². The highest BCUT2D eigenvalue weighted by molar-refractivity contribution is 14.1. The van der Waals surface area contributed by atoms with Gasteiger partial charge in [0.25, 0.3) is 1.12 Å². The summed E-state index contributed by atoms with van der Waals surface area (Å²) in [6.07, 6.45) is 0. The van der Waals surface area contributed by atoms with Crippen molar-refractivity contribution in [1.82, 2.24) is 0 Å². The van der Waals surface area contributed by atoms with Gasteiger partial charge in [-0.25, -0.2) is 0 Å². The van der Waals surface area contributed by atoms with Gasteiger partial charge in [0.1, 0.15) is 0 Å². The Hall–Kier alpha value is 1.41. The maximum absolute atomic E-state index is 10.0. The van der Waals surface area contributed by atoms with Gasteiger partial charge in [-0.3, -0.25) is 4.55 Å². The normalized spacial score (nSPS) is 20.0. The molecule has 50 valence electrons. The largest absolute Gasteiger partial charge is 0.304 e. The summed E-state index contributed by atoms with van der Waals surface area (Å²) in [5, 5.41) is 0. The molecule has 0 aromatic rings. The van der Waals surface area contributed by atoms with Crippen molar-refractivity contribution in [2.75, 3.05) is 0 Å². The van der Waals surface area contributed by atoms with Gasteiger partial charge in [0, 0.05) is 0 Å². The first-order valence-corrected chi connectivity index (χ1v) is 4.98. The van der Waals surface area contributed by atoms with E-state index >= 15 is 0 Å². The summed E-state index contributed by atoms with van der Waals surface area (Å²) in [5.41, 5.74) is 0. The van der Waals surface area contributed by atoms with Crippen molar-refractivity contribution in [3.05, 3.63) is 0 Å². The summed E-state index contributed by atoms with van der Waals surface area (Å²) in [7, 11) is -4.17. The Morgan fingerprint density at radius 2 is 1.88 bits per heavy atom. The average Bonchev–Trinajstić information content (AvgIpc) is 1.25. The summed E-state index contributed by atoms with van der Waals surface area (Å²) < 4.78 is 26.4. The van der Waals surface area contributed by atoms with Crippen LogP contribution >= 0.6 is 50.1 Å². The Morgan fingerprint density at radius 1 is 1.75 bits per heavy atom. The fourth-order valence-corrected chi connectivity index (χ4v) is 0. The lowest BCUT2D eigenvalue weighted by Gasteiger charge is -2.04. The van der Waals surface area contributed by atoms with Gasteiger partial charge in [0.15, 0.2) is 0 Å². The van der Waals surface area contributed by atoms with E-state index in [0.717, 1.165) is 0 Å². The fraction of sp³-hybridized carbons (Fsp3) is 1.00. The van der Waals surface area contributed by atoms with Crippen LogP contribution in [0.4, 0.5) is 0 Å². The van der Waals surface area contributed by atoms with Crippen LogP contribution < -0.4 is 0 Å². The van der Waals surface area contributed by atoms with E-state index in [1.54, 1.807) is 0 Å². The minimum Gasteiger partial charge on any atom is -0.283 e. The molecule has 0 aliphatic rings. The molecule has 0 amide bonds. The predicted octanol–water partition coefficient (Wildman–Crippen LogP) is 1.55. The Labute approximate surface area is 73.8 Å². The third-order valence-corrected chi connectivity index (χ3v) is 4.36. The lowest BCUT2D eigenvalue weighted by molar-refractivity contribution is 0.486. The monoisotopic (exact) mass is 334 g/mol. The molecule has 0 radical (unpaired) electrons. The highest BCUT2D eigenvalue weighted by Crippen LogP contribution is 2.36. The second kappa shape index (κ2) is 2.57. The number of hydrogen-bond donors (Lipinski definition) is 1. The van der Waals surface area contributed by atoms with Gasteiger partial charge in [-0.2, -0.15) is 8.42 Å². The SMILES string of the molecule is O=S(=O)(O)C(Cl)(Br)I. The van der Waals surface area contributed by atoms with Gasteiger partial charge in [0.2, 0.25) is 0 Å². The lowest BCUT2D eigenvalue weighted by Crippen LogP contribution is -2.15. The minimum absolute atomic E-state index is 1.33. The van der Waals surface area contributed by atoms with Crippen molar-refractivity contribution in [3.8, 4) is 0 Å². The number of rotatable bonds is 1. The zero-order chi connectivity index (χ0) is 7.00. The zero-order valence-corrected chi connectivity index (χ0v) is 8.62. The molecule has 0 heterocycles. The van der Waals surface area contributed by atoms with Crippen molar-refractivity contribution in [1.29, 1.82) is 0 Å². The van der Waals surface area contributed by atoms with E-state index in [-0.39, 0.29) is 0 Å². The molecule has 8 heavy (non-hydrogen) atoms. The summed E-state index contributed by atoms with van der Waals surface area (Å²) in [6.45, 7) is 0. The highest BCUT2D eigenvalue weighted by Gasteiger charge is 2.34. The molecule has 0 aliphatic carbocycles. The van der Waals surface area contributed by atoms with E-state index in [1.807, 2.05) is 0 Å². The Morgan fingerprint density at radius 3 is 1.88 bits per heavy atom. The topological polar surface area (TPSA) is 54.4 Å². The average molecular weight is 335 g/mol. The van der Waals surface area contributed by atoms with E-state index in [0.29, 0.717) is 0 Å². The third-order valence-electron chi connectivity index (χ3n) is 0.292. The highest BCUT2D eigenvalue weighted by atomic mass is 127. The van der Waals surface area contributed by atoms with Gasteiger partial charge in [-0.05, 0) is 38.5 Å². The zero-order valence-electron chi connectivity index (χ0n) is 3.31. The summed E-state index contributed by atoms with van der Waals surface area (Å²) in [4.78, 5) is 0. The van der Waals surface area contributed by atoms with Crippen LogP contribution in [0.2, 0.25) is 0 Å². The van der Waals surface area contributed by atoms with Crippen molar-refractivity contribution < 1.29 is 13.0 Å². The van der Waals surface area contributed by atoms with Crippen LogP contribution in [0.5, 0.6) is 0 Å². The molecule has 1 atom stereocenters. The third kappa shape index (κ3) is 2.81. The lowest BCUT2D eigenvalue weighted by atomic mass is 11.9. The minimum atomic E-state index is -4.17. The first-order chi connectivity index (χ1) is 3.25. The van der Waals surface area contributed by atoms with Crippen LogP contribution in [0.25, 0.3) is 0 Å². The summed E-state index contributed by atoms with van der Waals surface area (Å²) >= 11 is 8.92. The summed E-state index contributed by atoms with van der Waals surface area (Å²) in [6, 6.07) is 0. The Kier molecular flexibility index (Phi) is 3.02. The molecule has 0 saturated carbocycles. The smallest absolute Gasteiger partial charge is 0.283 e. The van der Waals surface area contributed by atoms with Gasteiger partial charge in [0.05, 0.1) is 0 Å². The second-order valence-corrected chi connectivity index (χ2v) is 9.92. The van der Waals surface area contributed by atoms with Gasteiger partial charge in [-0.15, -0.1) is 0 Å². The first-order valence-electron chi connectivity index (χ1n) is 1.29. The van der Waals surface area contributed by atoms with E-state index in [4.69, 9.17) is 16.2 Å². The molecule has 1 unspecified atom stereocenters. The molecule has 3 nitrogen and oxygen atoms in total. The number of halogens is 3. The molecule has 1 N–H and O–H groups in total. The number of alkyl halides is 3. The molecule has 0 aliphatic heterocycles. The number of hydrogen-bond acceptors (Lipinski definition) is 2. The van der Waals surface area contributed by atoms with Crippen LogP contribution in [-0.2, 0) is 10.1 Å². The van der Waals surface area contributed by atoms with E-state index < -0.39 is 11.2 Å². The fourth-order valence-electron chi connectivity index (χ4n) is 0. The molecule has 0 fully saturated rings. The molecule has 0 saturated heterocycles. The van der Waals surface area contributed by atoms with Crippen LogP contribution in [0.3, 0.4) is 0 Å². The van der Waals surface area contributed by atoms with Crippen molar-refractivity contribution in [3.63, 3.8) is 0 Å². The molecule has 0 rings (SSSR count). The quantitative estimate of drug-likeness (QED) is 0.449. The van der Waals surface area contributed by atoms with Gasteiger partial charge >= 0.3 is 10.1 Å². The molecule has 0 spiro atoms. The predicted molar refractivity (Wildman–Crippen MR) is 43.1 cm³/mol. The van der Waals surface area contributed by atoms with Crippen LogP contribution in [0, 0.1) is 0 Å². The molecule has 0 bridgehead atoms. The van der Waals surface area contributed by atoms with Crippen molar-refractivity contribution in [2.24, 2.45) is 0 Å². The molecular formula is CHBrClIO3S. The molecular weight excluding hydrogens is 334 g/mol. The second-order valence-electron chi connectivity index (χ2n) is 0.921. The van der Waals surface area contributed by atoms with E-state index in [2.05, 4.69) is 15.9 Å². The Bertz CT molecular complexity index is 168. The molecule has 0 aromatic carbocycles. The molecule has 7 heteroatoms. The first kappa shape index (κ1) is 9.41. The van der Waals surface area contributed by atoms with Crippen LogP contribution in [0.15, 0.2) is 0 Å². The van der Waals surface area contributed by atoms with Gasteiger partial charge < -0.3 is 0 Å². The van der Waals surface area contributed by atoms with Crippen molar-refractivity contribution in [2.45, 2.75) is 1.12 Å².